The number of carbonyl (C=O) groups excluding carboxylic acids is 1. The number of benzene rings is 2. The van der Waals surface area contributed by atoms with Gasteiger partial charge >= 0.3 is 0 Å². The van der Waals surface area contributed by atoms with Gasteiger partial charge in [-0.2, -0.15) is 0 Å². The van der Waals surface area contributed by atoms with Gasteiger partial charge in [0.25, 0.3) is 15.9 Å². The summed E-state index contributed by atoms with van der Waals surface area (Å²) in [6, 6.07) is 15.7. The van der Waals surface area contributed by atoms with E-state index in [0.717, 1.165) is 40.5 Å². The zero-order valence-electron chi connectivity index (χ0n) is 19.1. The lowest BCUT2D eigenvalue weighted by atomic mass is 10.1. The van der Waals surface area contributed by atoms with Gasteiger partial charge in [-0.05, 0) is 86.3 Å². The molecule has 7 nitrogen and oxygen atoms in total. The molecular formula is C25H27N3O4S2. The molecule has 9 heteroatoms. The van der Waals surface area contributed by atoms with E-state index in [1.807, 2.05) is 26.0 Å². The Hall–Kier alpha value is -2.88. The molecule has 178 valence electrons. The summed E-state index contributed by atoms with van der Waals surface area (Å²) in [5.41, 5.74) is 2.95. The van der Waals surface area contributed by atoms with E-state index in [9.17, 15) is 13.2 Å². The summed E-state index contributed by atoms with van der Waals surface area (Å²) < 4.78 is 33.5. The lowest BCUT2D eigenvalue weighted by Gasteiger charge is -2.11. The van der Waals surface area contributed by atoms with Crippen molar-refractivity contribution in [2.45, 2.75) is 47.6 Å². The van der Waals surface area contributed by atoms with Crippen LogP contribution in [-0.4, -0.2) is 38.6 Å². The molecular weight excluding hydrogens is 470 g/mol. The number of carbonyl (C=O) groups is 1. The van der Waals surface area contributed by atoms with Gasteiger partial charge in [0, 0.05) is 29.9 Å². The third-order valence-electron chi connectivity index (χ3n) is 5.63. The summed E-state index contributed by atoms with van der Waals surface area (Å²) in [6.45, 7) is 5.10. The average molecular weight is 498 g/mol. The van der Waals surface area contributed by atoms with Crippen molar-refractivity contribution in [1.82, 2.24) is 10.3 Å². The first-order valence-electron chi connectivity index (χ1n) is 11.0. The first-order valence-corrected chi connectivity index (χ1v) is 13.3. The summed E-state index contributed by atoms with van der Waals surface area (Å²) in [6.07, 6.45) is 3.66. The predicted octanol–water partition coefficient (Wildman–Crippen LogP) is 4.56. The van der Waals surface area contributed by atoms with Crippen molar-refractivity contribution in [3.05, 3.63) is 77.5 Å². The first kappa shape index (κ1) is 24.3. The quantitative estimate of drug-likeness (QED) is 0.474. The Balaban J connectivity index is 1.34. The van der Waals surface area contributed by atoms with E-state index in [1.54, 1.807) is 48.7 Å². The maximum absolute atomic E-state index is 12.7. The van der Waals surface area contributed by atoms with Crippen LogP contribution in [0.4, 0.5) is 5.69 Å². The van der Waals surface area contributed by atoms with Crippen molar-refractivity contribution in [3.8, 4) is 0 Å². The lowest BCUT2D eigenvalue weighted by Crippen LogP contribution is -2.31. The second-order valence-corrected chi connectivity index (χ2v) is 11.0. The molecule has 2 heterocycles. The number of amides is 1. The van der Waals surface area contributed by atoms with Crippen molar-refractivity contribution < 1.29 is 17.9 Å². The number of anilines is 1. The molecule has 34 heavy (non-hydrogen) atoms. The number of nitrogens with one attached hydrogen (secondary N) is 2. The van der Waals surface area contributed by atoms with Gasteiger partial charge in [0.05, 0.1) is 16.6 Å². The van der Waals surface area contributed by atoms with Crippen LogP contribution in [0.3, 0.4) is 0 Å². The number of aryl methyl sites for hydroxylation is 2. The zero-order valence-corrected chi connectivity index (χ0v) is 20.7. The van der Waals surface area contributed by atoms with E-state index < -0.39 is 10.0 Å². The summed E-state index contributed by atoms with van der Waals surface area (Å²) in [4.78, 5) is 17.8. The molecule has 1 aliphatic heterocycles. The number of ether oxygens (including phenoxy) is 1. The number of nitrogens with zero attached hydrogens (tertiary/aromatic N) is 1. The Labute approximate surface area is 204 Å². The highest BCUT2D eigenvalue weighted by atomic mass is 32.2. The molecule has 0 spiro atoms. The minimum absolute atomic E-state index is 0.0974. The van der Waals surface area contributed by atoms with Crippen LogP contribution in [-0.2, 0) is 14.8 Å². The number of hydrogen-bond acceptors (Lipinski definition) is 6. The van der Waals surface area contributed by atoms with Gasteiger partial charge < -0.3 is 10.1 Å². The molecule has 2 aromatic carbocycles. The summed E-state index contributed by atoms with van der Waals surface area (Å²) >= 11 is 1.43. The van der Waals surface area contributed by atoms with Crippen LogP contribution >= 0.6 is 11.8 Å². The van der Waals surface area contributed by atoms with Crippen LogP contribution in [0, 0.1) is 13.8 Å². The second-order valence-electron chi connectivity index (χ2n) is 8.21. The molecule has 2 N–H and O–H groups in total. The van der Waals surface area contributed by atoms with Crippen LogP contribution in [0.25, 0.3) is 0 Å². The fourth-order valence-electron chi connectivity index (χ4n) is 3.50. The number of hydrogen-bond donors (Lipinski definition) is 2. The largest absolute Gasteiger partial charge is 0.376 e. The van der Waals surface area contributed by atoms with Crippen molar-refractivity contribution in [1.29, 1.82) is 0 Å². The maximum Gasteiger partial charge on any atom is 0.261 e. The molecule has 1 atom stereocenters. The molecule has 0 radical (unpaired) electrons. The molecule has 1 saturated heterocycles. The Bertz CT molecular complexity index is 1250. The predicted molar refractivity (Wildman–Crippen MR) is 133 cm³/mol. The normalized spacial score (nSPS) is 15.8. The van der Waals surface area contributed by atoms with Crippen molar-refractivity contribution in [3.63, 3.8) is 0 Å². The van der Waals surface area contributed by atoms with E-state index in [0.29, 0.717) is 17.8 Å². The molecule has 0 aliphatic carbocycles. The molecule has 1 aromatic heterocycles. The average Bonchev–Trinajstić information content (AvgIpc) is 3.34. The monoisotopic (exact) mass is 497 g/mol. The van der Waals surface area contributed by atoms with Gasteiger partial charge in [-0.25, -0.2) is 13.4 Å². The van der Waals surface area contributed by atoms with Gasteiger partial charge in [0.1, 0.15) is 5.03 Å². The summed E-state index contributed by atoms with van der Waals surface area (Å²) in [7, 11) is -3.66. The van der Waals surface area contributed by atoms with E-state index >= 15 is 0 Å². The smallest absolute Gasteiger partial charge is 0.261 e. The molecule has 1 amide bonds. The molecule has 0 bridgehead atoms. The topological polar surface area (TPSA) is 97.4 Å². The minimum atomic E-state index is -3.66. The third kappa shape index (κ3) is 6.16. The van der Waals surface area contributed by atoms with Crippen LogP contribution in [0.1, 0.15) is 34.3 Å². The van der Waals surface area contributed by atoms with Gasteiger partial charge in [0.2, 0.25) is 0 Å². The number of rotatable bonds is 8. The van der Waals surface area contributed by atoms with E-state index in [2.05, 4.69) is 15.0 Å². The highest BCUT2D eigenvalue weighted by Crippen LogP contribution is 2.28. The molecule has 3 aromatic rings. The minimum Gasteiger partial charge on any atom is -0.376 e. The van der Waals surface area contributed by atoms with Crippen molar-refractivity contribution >= 4 is 33.4 Å². The molecule has 1 fully saturated rings. The lowest BCUT2D eigenvalue weighted by molar-refractivity contribution is 0.0857. The highest BCUT2D eigenvalue weighted by molar-refractivity contribution is 7.99. The fourth-order valence-corrected chi connectivity index (χ4v) is 5.39. The summed E-state index contributed by atoms with van der Waals surface area (Å²) in [5, 5.41) is 3.62. The Kier molecular flexibility index (Phi) is 7.55. The van der Waals surface area contributed by atoms with Crippen LogP contribution in [0.5, 0.6) is 0 Å². The number of sulfonamides is 1. The maximum atomic E-state index is 12.7. The summed E-state index contributed by atoms with van der Waals surface area (Å²) in [5.74, 6) is -0.167. The van der Waals surface area contributed by atoms with E-state index in [-0.39, 0.29) is 16.9 Å². The molecule has 1 aliphatic rings. The Morgan fingerprint density at radius 2 is 1.88 bits per heavy atom. The molecule has 0 saturated carbocycles. The molecule has 0 unspecified atom stereocenters. The number of aromatic nitrogens is 1. The second kappa shape index (κ2) is 10.6. The van der Waals surface area contributed by atoms with Crippen LogP contribution < -0.4 is 10.0 Å². The SMILES string of the molecule is Cc1ccc(S(=O)(=O)Nc2ccc(Sc3ccc(C(=O)NC[C@H]4CCCO4)cn3)cc2)cc1C. The van der Waals surface area contributed by atoms with Gasteiger partial charge in [-0.3, -0.25) is 9.52 Å². The first-order chi connectivity index (χ1) is 16.3. The third-order valence-corrected chi connectivity index (χ3v) is 7.97. The Morgan fingerprint density at radius 3 is 2.53 bits per heavy atom. The Morgan fingerprint density at radius 1 is 1.09 bits per heavy atom. The van der Waals surface area contributed by atoms with Crippen LogP contribution in [0.15, 0.2) is 75.6 Å². The number of pyridine rings is 1. The van der Waals surface area contributed by atoms with Gasteiger partial charge in [-0.15, -0.1) is 0 Å². The van der Waals surface area contributed by atoms with Crippen molar-refractivity contribution in [2.24, 2.45) is 0 Å². The van der Waals surface area contributed by atoms with Gasteiger partial charge in [0.15, 0.2) is 0 Å². The van der Waals surface area contributed by atoms with Crippen molar-refractivity contribution in [2.75, 3.05) is 17.9 Å². The van der Waals surface area contributed by atoms with Gasteiger partial charge in [-0.1, -0.05) is 17.8 Å². The van der Waals surface area contributed by atoms with E-state index in [1.165, 1.54) is 11.8 Å². The van der Waals surface area contributed by atoms with E-state index in [4.69, 9.17) is 4.74 Å². The van der Waals surface area contributed by atoms with Crippen LogP contribution in [0.2, 0.25) is 0 Å². The molecule has 4 rings (SSSR count). The standard InChI is InChI=1S/C25H27N3O4S2/c1-17-5-11-23(14-18(17)2)34(30,31)28-20-7-9-22(10-8-20)33-24-12-6-19(15-26-24)25(29)27-16-21-4-3-13-32-21/h5-12,14-15,21,28H,3-4,13,16H2,1-2H3,(H,27,29)/t21-/m1/s1. The highest BCUT2D eigenvalue weighted by Gasteiger charge is 2.17. The fraction of sp³-hybridized carbons (Fsp3) is 0.280. The zero-order chi connectivity index (χ0) is 24.1.